The minimum absolute atomic E-state index is 0.0664. The maximum Gasteiger partial charge on any atom is 0.264 e. The molecule has 29 heavy (non-hydrogen) atoms. The Morgan fingerprint density at radius 1 is 1.28 bits per heavy atom. The third kappa shape index (κ3) is 5.36. The van der Waals surface area contributed by atoms with E-state index in [2.05, 4.69) is 28.8 Å². The van der Waals surface area contributed by atoms with Gasteiger partial charge >= 0.3 is 0 Å². The highest BCUT2D eigenvalue weighted by Crippen LogP contribution is 2.24. The molecule has 154 valence electrons. The molecule has 0 aliphatic rings. The van der Waals surface area contributed by atoms with Gasteiger partial charge in [-0.05, 0) is 57.2 Å². The fraction of sp³-hybridized carbons (Fsp3) is 0.400. The van der Waals surface area contributed by atoms with Crippen LogP contribution in [0.1, 0.15) is 32.8 Å². The topological polar surface area (TPSA) is 122 Å². The Kier molecular flexibility index (Phi) is 6.39. The Hall–Kier alpha value is -2.85. The number of sulfone groups is 1. The Labute approximate surface area is 169 Å². The summed E-state index contributed by atoms with van der Waals surface area (Å²) in [7, 11) is -3.77. The molecule has 9 heteroatoms. The molecule has 0 fully saturated rings. The lowest BCUT2D eigenvalue weighted by atomic mass is 10.1. The number of hydrogen-bond acceptors (Lipinski definition) is 6. The van der Waals surface area contributed by atoms with Crippen molar-refractivity contribution in [1.82, 2.24) is 15.3 Å². The van der Waals surface area contributed by atoms with Crippen LogP contribution in [0.5, 0.6) is 0 Å². The first-order valence-corrected chi connectivity index (χ1v) is 10.6. The van der Waals surface area contributed by atoms with E-state index in [0.29, 0.717) is 5.56 Å². The number of carbonyl (C=O) groups is 1. The number of hydroxylamine groups is 1. The summed E-state index contributed by atoms with van der Waals surface area (Å²) in [6.45, 7) is 4.56. The third-order valence-electron chi connectivity index (χ3n) is 4.48. The first-order valence-electron chi connectivity index (χ1n) is 8.73. The maximum absolute atomic E-state index is 12.1. The number of carbonyl (C=O) groups excluding carboxylic acids is 1. The number of amides is 1. The molecule has 1 heterocycles. The van der Waals surface area contributed by atoms with Crippen molar-refractivity contribution in [3.8, 4) is 23.7 Å². The Balaban J connectivity index is 2.25. The number of hydrogen-bond donors (Lipinski definition) is 3. The number of nitrogens with zero attached hydrogens (tertiary/aromatic N) is 2. The van der Waals surface area contributed by atoms with Crippen LogP contribution < -0.4 is 5.48 Å². The van der Waals surface area contributed by atoms with E-state index in [-0.39, 0.29) is 13.0 Å². The number of rotatable bonds is 5. The molecule has 0 saturated heterocycles. The van der Waals surface area contributed by atoms with Crippen LogP contribution in [0.25, 0.3) is 10.9 Å². The second-order valence-corrected chi connectivity index (χ2v) is 9.84. The standard InChI is InChI=1S/C20H23N3O5S/c1-19(2,25)10-6-5-7-15-8-9-17-16(13-15)14-21-23(17)12-11-20(3,18(24)22-26)29(4,27)28/h8-9,13-14,25-26H,11-12H2,1-4H3,(H,22,24)/t20-/m1/s1. The number of aryl methyl sites for hydroxylation is 1. The monoisotopic (exact) mass is 417 g/mol. The van der Waals surface area contributed by atoms with Gasteiger partial charge < -0.3 is 5.11 Å². The van der Waals surface area contributed by atoms with Gasteiger partial charge in [0.15, 0.2) is 14.6 Å². The van der Waals surface area contributed by atoms with Crippen molar-refractivity contribution in [3.63, 3.8) is 0 Å². The molecular weight excluding hydrogens is 394 g/mol. The number of nitrogens with one attached hydrogen (secondary N) is 1. The highest BCUT2D eigenvalue weighted by atomic mass is 32.2. The molecule has 0 unspecified atom stereocenters. The van der Waals surface area contributed by atoms with Crippen LogP contribution in [-0.4, -0.2) is 51.0 Å². The molecule has 0 spiro atoms. The van der Waals surface area contributed by atoms with E-state index in [0.717, 1.165) is 17.2 Å². The Morgan fingerprint density at radius 3 is 2.55 bits per heavy atom. The molecule has 0 aliphatic heterocycles. The minimum Gasteiger partial charge on any atom is -0.378 e. The van der Waals surface area contributed by atoms with E-state index in [1.165, 1.54) is 12.4 Å². The maximum atomic E-state index is 12.1. The summed E-state index contributed by atoms with van der Waals surface area (Å²) >= 11 is 0. The Bertz CT molecular complexity index is 1150. The van der Waals surface area contributed by atoms with Crippen molar-refractivity contribution in [2.75, 3.05) is 6.26 Å². The summed E-state index contributed by atoms with van der Waals surface area (Å²) in [5.41, 5.74) is 1.79. The molecule has 0 bridgehead atoms. The Morgan fingerprint density at radius 2 is 1.97 bits per heavy atom. The summed E-state index contributed by atoms with van der Waals surface area (Å²) in [5.74, 6) is 9.78. The highest BCUT2D eigenvalue weighted by molar-refractivity contribution is 7.92. The van der Waals surface area contributed by atoms with Crippen LogP contribution in [-0.2, 0) is 21.2 Å². The van der Waals surface area contributed by atoms with Gasteiger partial charge in [-0.2, -0.15) is 5.10 Å². The lowest BCUT2D eigenvalue weighted by molar-refractivity contribution is -0.131. The summed E-state index contributed by atoms with van der Waals surface area (Å²) in [6.07, 6.45) is 2.51. The van der Waals surface area contributed by atoms with Gasteiger partial charge in [-0.25, -0.2) is 13.9 Å². The largest absolute Gasteiger partial charge is 0.378 e. The number of aromatic nitrogens is 2. The summed E-state index contributed by atoms with van der Waals surface area (Å²) in [6, 6.07) is 5.38. The van der Waals surface area contributed by atoms with Crippen molar-refractivity contribution >= 4 is 26.6 Å². The van der Waals surface area contributed by atoms with Crippen molar-refractivity contribution in [2.24, 2.45) is 0 Å². The van der Waals surface area contributed by atoms with E-state index < -0.39 is 26.1 Å². The molecule has 3 N–H and O–H groups in total. The zero-order valence-electron chi connectivity index (χ0n) is 16.6. The van der Waals surface area contributed by atoms with Gasteiger partial charge in [-0.15, -0.1) is 0 Å². The summed E-state index contributed by atoms with van der Waals surface area (Å²) < 4.78 is 23.9. The highest BCUT2D eigenvalue weighted by Gasteiger charge is 2.43. The van der Waals surface area contributed by atoms with Gasteiger partial charge in [0.25, 0.3) is 5.91 Å². The second-order valence-electron chi connectivity index (χ2n) is 7.39. The van der Waals surface area contributed by atoms with Crippen LogP contribution in [0.15, 0.2) is 24.4 Å². The SMILES string of the molecule is CC(C)(O)C#CC#Cc1ccc2c(cnn2CC[C@](C)(C(=O)NO)S(C)(=O)=O)c1. The normalized spacial score (nSPS) is 13.6. The van der Waals surface area contributed by atoms with Gasteiger partial charge in [0.05, 0.1) is 11.7 Å². The molecule has 2 aromatic rings. The predicted octanol–water partition coefficient (Wildman–Crippen LogP) is 0.861. The van der Waals surface area contributed by atoms with E-state index in [1.807, 2.05) is 6.07 Å². The summed E-state index contributed by atoms with van der Waals surface area (Å²) in [5, 5.41) is 23.5. The third-order valence-corrected chi connectivity index (χ3v) is 6.51. The van der Waals surface area contributed by atoms with Crippen LogP contribution in [0.3, 0.4) is 0 Å². The predicted molar refractivity (Wildman–Crippen MR) is 108 cm³/mol. The summed E-state index contributed by atoms with van der Waals surface area (Å²) in [4.78, 5) is 11.9. The zero-order chi connectivity index (χ0) is 21.9. The fourth-order valence-electron chi connectivity index (χ4n) is 2.54. The molecule has 8 nitrogen and oxygen atoms in total. The van der Waals surface area contributed by atoms with Gasteiger partial charge in [-0.1, -0.05) is 11.8 Å². The zero-order valence-corrected chi connectivity index (χ0v) is 17.5. The smallest absolute Gasteiger partial charge is 0.264 e. The van der Waals surface area contributed by atoms with E-state index in [9.17, 15) is 18.3 Å². The molecule has 1 atom stereocenters. The average Bonchev–Trinajstić information content (AvgIpc) is 3.03. The van der Waals surface area contributed by atoms with Crippen LogP contribution >= 0.6 is 0 Å². The number of aliphatic hydroxyl groups is 1. The number of benzene rings is 1. The van der Waals surface area contributed by atoms with Crippen molar-refractivity contribution in [2.45, 2.75) is 44.1 Å². The lowest BCUT2D eigenvalue weighted by Gasteiger charge is -2.25. The first-order chi connectivity index (χ1) is 13.4. The van der Waals surface area contributed by atoms with Crippen molar-refractivity contribution in [3.05, 3.63) is 30.0 Å². The van der Waals surface area contributed by atoms with Gasteiger partial charge in [0.1, 0.15) is 5.60 Å². The van der Waals surface area contributed by atoms with Crippen LogP contribution in [0.2, 0.25) is 0 Å². The molecular formula is C20H23N3O5S. The van der Waals surface area contributed by atoms with Gasteiger partial charge in [-0.3, -0.25) is 14.7 Å². The molecule has 0 radical (unpaired) electrons. The second kappa shape index (κ2) is 8.26. The van der Waals surface area contributed by atoms with Gasteiger partial charge in [0, 0.05) is 23.8 Å². The van der Waals surface area contributed by atoms with E-state index >= 15 is 0 Å². The fourth-order valence-corrected chi connectivity index (χ4v) is 3.38. The molecule has 0 saturated carbocycles. The minimum atomic E-state index is -3.77. The quantitative estimate of drug-likeness (QED) is 0.377. The van der Waals surface area contributed by atoms with Crippen molar-refractivity contribution in [1.29, 1.82) is 0 Å². The van der Waals surface area contributed by atoms with Crippen LogP contribution in [0.4, 0.5) is 0 Å². The molecule has 1 aromatic heterocycles. The van der Waals surface area contributed by atoms with Crippen LogP contribution in [0, 0.1) is 23.7 Å². The molecule has 1 amide bonds. The molecule has 0 aliphatic carbocycles. The lowest BCUT2D eigenvalue weighted by Crippen LogP contribution is -2.49. The van der Waals surface area contributed by atoms with E-state index in [4.69, 9.17) is 5.21 Å². The number of fused-ring (bicyclic) bond motifs is 1. The van der Waals surface area contributed by atoms with Crippen molar-refractivity contribution < 1.29 is 23.5 Å². The molecule has 1 aromatic carbocycles. The molecule has 2 rings (SSSR count). The van der Waals surface area contributed by atoms with Gasteiger partial charge in [0.2, 0.25) is 0 Å². The first kappa shape index (κ1) is 22.4. The van der Waals surface area contributed by atoms with E-state index in [1.54, 1.807) is 36.9 Å². The average molecular weight is 417 g/mol.